The molecule has 1 aromatic rings. The number of nitriles is 1. The Morgan fingerprint density at radius 3 is 3.07 bits per heavy atom. The zero-order chi connectivity index (χ0) is 10.2. The molecule has 0 aliphatic carbocycles. The molecule has 0 bridgehead atoms. The minimum Gasteiger partial charge on any atom is -0.370 e. The van der Waals surface area contributed by atoms with Gasteiger partial charge < -0.3 is 5.32 Å². The number of aromatic nitrogens is 1. The molecule has 0 aliphatic rings. The molecule has 0 aliphatic heterocycles. The molecule has 1 heterocycles. The van der Waals surface area contributed by atoms with Crippen LogP contribution >= 0.6 is 0 Å². The maximum absolute atomic E-state index is 8.60. The Balaban J connectivity index is 2.44. The van der Waals surface area contributed by atoms with Crippen molar-refractivity contribution in [3.8, 4) is 18.4 Å². The summed E-state index contributed by atoms with van der Waals surface area (Å²) in [4.78, 5) is 4.06. The molecule has 14 heavy (non-hydrogen) atoms. The fourth-order valence-electron chi connectivity index (χ4n) is 1.00. The van der Waals surface area contributed by atoms with Crippen molar-refractivity contribution in [3.63, 3.8) is 0 Å². The zero-order valence-corrected chi connectivity index (χ0v) is 7.83. The van der Waals surface area contributed by atoms with Gasteiger partial charge in [-0.3, -0.25) is 0 Å². The van der Waals surface area contributed by atoms with Crippen molar-refractivity contribution in [2.24, 2.45) is 0 Å². The largest absolute Gasteiger partial charge is 0.370 e. The van der Waals surface area contributed by atoms with Crippen LogP contribution in [-0.4, -0.2) is 11.5 Å². The van der Waals surface area contributed by atoms with Gasteiger partial charge in [-0.1, -0.05) is 6.07 Å². The van der Waals surface area contributed by atoms with Crippen LogP contribution in [0.3, 0.4) is 0 Å². The molecule has 0 unspecified atom stereocenters. The summed E-state index contributed by atoms with van der Waals surface area (Å²) in [6, 6.07) is 7.29. The van der Waals surface area contributed by atoms with Crippen LogP contribution in [0.25, 0.3) is 0 Å². The van der Waals surface area contributed by atoms with E-state index in [1.807, 2.05) is 12.1 Å². The molecule has 70 valence electrons. The molecule has 1 rings (SSSR count). The smallest absolute Gasteiger partial charge is 0.142 e. The van der Waals surface area contributed by atoms with Gasteiger partial charge in [-0.2, -0.15) is 5.26 Å². The average molecular weight is 185 g/mol. The van der Waals surface area contributed by atoms with Gasteiger partial charge in [-0.15, -0.1) is 12.3 Å². The summed E-state index contributed by atoms with van der Waals surface area (Å²) in [5.74, 6) is 3.29. The number of rotatable bonds is 4. The summed E-state index contributed by atoms with van der Waals surface area (Å²) in [7, 11) is 0. The van der Waals surface area contributed by atoms with Crippen molar-refractivity contribution in [2.45, 2.75) is 12.8 Å². The van der Waals surface area contributed by atoms with Gasteiger partial charge >= 0.3 is 0 Å². The molecule has 0 aromatic carbocycles. The highest BCUT2D eigenvalue weighted by atomic mass is 15.0. The number of unbranched alkanes of at least 4 members (excludes halogenated alkanes) is 1. The minimum absolute atomic E-state index is 0.423. The van der Waals surface area contributed by atoms with Gasteiger partial charge in [-0.05, 0) is 18.6 Å². The summed E-state index contributed by atoms with van der Waals surface area (Å²) in [5, 5.41) is 11.7. The van der Waals surface area contributed by atoms with Gasteiger partial charge in [0.1, 0.15) is 17.6 Å². The van der Waals surface area contributed by atoms with Crippen molar-refractivity contribution < 1.29 is 0 Å². The molecule has 0 saturated heterocycles. The molecule has 3 nitrogen and oxygen atoms in total. The monoisotopic (exact) mass is 185 g/mol. The van der Waals surface area contributed by atoms with Gasteiger partial charge in [0, 0.05) is 13.0 Å². The molecule has 3 heteroatoms. The normalized spacial score (nSPS) is 8.71. The number of terminal acetylenes is 1. The number of nitrogens with zero attached hydrogens (tertiary/aromatic N) is 2. The molecule has 0 radical (unpaired) electrons. The number of hydrogen-bond donors (Lipinski definition) is 1. The first-order valence-electron chi connectivity index (χ1n) is 4.41. The quantitative estimate of drug-likeness (QED) is 0.574. The van der Waals surface area contributed by atoms with E-state index in [1.165, 1.54) is 0 Å². The van der Waals surface area contributed by atoms with Crippen LogP contribution in [0.2, 0.25) is 0 Å². The fraction of sp³-hybridized carbons (Fsp3) is 0.273. The first-order chi connectivity index (χ1) is 6.86. The summed E-state index contributed by atoms with van der Waals surface area (Å²) in [6.45, 7) is 0.784. The minimum atomic E-state index is 0.423. The fourth-order valence-corrected chi connectivity index (χ4v) is 1.00. The third-order valence-corrected chi connectivity index (χ3v) is 1.67. The molecule has 0 saturated carbocycles. The summed E-state index contributed by atoms with van der Waals surface area (Å²) >= 11 is 0. The molecule has 0 amide bonds. The topological polar surface area (TPSA) is 48.7 Å². The van der Waals surface area contributed by atoms with Crippen molar-refractivity contribution in [3.05, 3.63) is 23.9 Å². The molecule has 1 N–H and O–H groups in total. The van der Waals surface area contributed by atoms with E-state index >= 15 is 0 Å². The first kappa shape index (κ1) is 10.1. The highest BCUT2D eigenvalue weighted by Gasteiger charge is 1.94. The zero-order valence-electron chi connectivity index (χ0n) is 7.83. The summed E-state index contributed by atoms with van der Waals surface area (Å²) in [5.41, 5.74) is 0.423. The van der Waals surface area contributed by atoms with Gasteiger partial charge in [0.2, 0.25) is 0 Å². The Hall–Kier alpha value is -2.00. The highest BCUT2D eigenvalue weighted by molar-refractivity contribution is 5.38. The van der Waals surface area contributed by atoms with E-state index in [9.17, 15) is 0 Å². The molecular weight excluding hydrogens is 174 g/mol. The molecule has 0 atom stereocenters. The van der Waals surface area contributed by atoms with Crippen LogP contribution in [0.15, 0.2) is 18.2 Å². The van der Waals surface area contributed by atoms with E-state index < -0.39 is 0 Å². The predicted molar refractivity (Wildman–Crippen MR) is 55.5 cm³/mol. The van der Waals surface area contributed by atoms with Gasteiger partial charge in [0.05, 0.1) is 0 Å². The van der Waals surface area contributed by atoms with Crippen molar-refractivity contribution in [1.29, 1.82) is 5.26 Å². The van der Waals surface area contributed by atoms with Crippen LogP contribution in [0, 0.1) is 23.7 Å². The van der Waals surface area contributed by atoms with Crippen LogP contribution in [0.1, 0.15) is 18.5 Å². The number of anilines is 1. The van der Waals surface area contributed by atoms with Crippen LogP contribution in [0.4, 0.5) is 5.82 Å². The molecule has 0 fully saturated rings. The van der Waals surface area contributed by atoms with Gasteiger partial charge in [0.25, 0.3) is 0 Å². The lowest BCUT2D eigenvalue weighted by Gasteiger charge is -2.03. The number of pyridine rings is 1. The average Bonchev–Trinajstić information content (AvgIpc) is 2.25. The van der Waals surface area contributed by atoms with Gasteiger partial charge in [0.15, 0.2) is 0 Å². The summed E-state index contributed by atoms with van der Waals surface area (Å²) in [6.07, 6.45) is 6.78. The third-order valence-electron chi connectivity index (χ3n) is 1.67. The first-order valence-corrected chi connectivity index (χ1v) is 4.41. The van der Waals surface area contributed by atoms with E-state index in [-0.39, 0.29) is 0 Å². The van der Waals surface area contributed by atoms with Crippen molar-refractivity contribution in [1.82, 2.24) is 4.98 Å². The Kier molecular flexibility index (Phi) is 4.04. The van der Waals surface area contributed by atoms with Crippen molar-refractivity contribution in [2.75, 3.05) is 11.9 Å². The van der Waals surface area contributed by atoms with Crippen LogP contribution in [-0.2, 0) is 0 Å². The third kappa shape index (κ3) is 3.16. The lowest BCUT2D eigenvalue weighted by Crippen LogP contribution is -2.03. The van der Waals surface area contributed by atoms with E-state index in [0.717, 1.165) is 25.2 Å². The lowest BCUT2D eigenvalue weighted by molar-refractivity contribution is 0.901. The standard InChI is InChI=1S/C11H11N3/c1-2-3-4-8-13-11-7-5-6-10(9-12)14-11/h1,5-7H,3-4,8H2,(H,13,14). The van der Waals surface area contributed by atoms with E-state index in [2.05, 4.69) is 16.2 Å². The summed E-state index contributed by atoms with van der Waals surface area (Å²) < 4.78 is 0. The SMILES string of the molecule is C#CCCCNc1cccc(C#N)n1. The van der Waals surface area contributed by atoms with E-state index in [1.54, 1.807) is 12.1 Å². The molecular formula is C11H11N3. The maximum Gasteiger partial charge on any atom is 0.142 e. The van der Waals surface area contributed by atoms with Gasteiger partial charge in [-0.25, -0.2) is 4.98 Å². The second kappa shape index (κ2) is 5.61. The van der Waals surface area contributed by atoms with E-state index in [4.69, 9.17) is 11.7 Å². The molecule has 1 aromatic heterocycles. The Morgan fingerprint density at radius 2 is 2.36 bits per heavy atom. The Morgan fingerprint density at radius 1 is 1.50 bits per heavy atom. The van der Waals surface area contributed by atoms with E-state index in [0.29, 0.717) is 5.69 Å². The molecule has 0 spiro atoms. The highest BCUT2D eigenvalue weighted by Crippen LogP contribution is 2.03. The van der Waals surface area contributed by atoms with Crippen LogP contribution < -0.4 is 5.32 Å². The second-order valence-electron chi connectivity index (χ2n) is 2.75. The maximum atomic E-state index is 8.60. The number of nitrogens with one attached hydrogen (secondary N) is 1. The van der Waals surface area contributed by atoms with Crippen LogP contribution in [0.5, 0.6) is 0 Å². The lowest BCUT2D eigenvalue weighted by atomic mass is 10.3. The second-order valence-corrected chi connectivity index (χ2v) is 2.75. The Bertz CT molecular complexity index is 371. The number of hydrogen-bond acceptors (Lipinski definition) is 3. The van der Waals surface area contributed by atoms with Crippen molar-refractivity contribution >= 4 is 5.82 Å². The Labute approximate surface area is 83.8 Å². The predicted octanol–water partition coefficient (Wildman–Crippen LogP) is 1.78.